The quantitative estimate of drug-likeness (QED) is 0.543. The zero-order chi connectivity index (χ0) is 27.7. The normalized spacial score (nSPS) is 38.3. The summed E-state index contributed by atoms with van der Waals surface area (Å²) in [5, 5.41) is 6.87. The molecule has 7 atom stereocenters. The van der Waals surface area contributed by atoms with Crippen molar-refractivity contribution in [3.63, 3.8) is 0 Å². The van der Waals surface area contributed by atoms with Crippen LogP contribution in [0.4, 0.5) is 11.4 Å². The van der Waals surface area contributed by atoms with E-state index in [4.69, 9.17) is 0 Å². The Morgan fingerprint density at radius 2 is 1.85 bits per heavy atom. The molecular formula is C31H43N5O3. The maximum atomic E-state index is 13.3. The summed E-state index contributed by atoms with van der Waals surface area (Å²) in [4.78, 5) is 40.4. The Bertz CT molecular complexity index is 1230. The molecule has 3 fully saturated rings. The maximum Gasteiger partial charge on any atom is 0.257 e. The van der Waals surface area contributed by atoms with Gasteiger partial charge in [0.1, 0.15) is 6.17 Å². The van der Waals surface area contributed by atoms with Crippen LogP contribution in [0.15, 0.2) is 36.4 Å². The van der Waals surface area contributed by atoms with Crippen molar-refractivity contribution in [3.05, 3.63) is 36.4 Å². The topological polar surface area (TPSA) is 85.0 Å². The van der Waals surface area contributed by atoms with Gasteiger partial charge in [0.25, 0.3) is 5.91 Å². The van der Waals surface area contributed by atoms with Crippen molar-refractivity contribution >= 4 is 29.1 Å². The Hall–Kier alpha value is -3.03. The summed E-state index contributed by atoms with van der Waals surface area (Å²) in [6, 6.07) is 7.87. The number of nitrogens with zero attached hydrogens (tertiary/aromatic N) is 3. The average molecular weight is 534 g/mol. The number of likely N-dealkylation sites (N-methyl/N-ethyl adjacent to an activating group) is 1. The molecule has 1 unspecified atom stereocenters. The molecule has 39 heavy (non-hydrogen) atoms. The highest BCUT2D eigenvalue weighted by molar-refractivity contribution is 5.90. The standard InChI is InChI=1S/C31H43N5O3/c1-20(37)33-36(21(2)38)35-26-11-7-6-10-25(26)32-27(35)19-31-18-12-22-23-9-8-15-29(23,3)16-13-24(22)30(31,4)17-14-28(39)34(31)5/h6-7,10-11,14,17,22-24,27,32H,8-9,12-13,15-16,18-19H2,1-5H3,(H,33,37)/t22-,23-,24-,27?,29-,30+,31-/m0/s1. The van der Waals surface area contributed by atoms with Gasteiger partial charge in [-0.1, -0.05) is 38.5 Å². The van der Waals surface area contributed by atoms with E-state index in [1.54, 1.807) is 6.08 Å². The summed E-state index contributed by atoms with van der Waals surface area (Å²) >= 11 is 0. The molecule has 6 rings (SSSR count). The number of carbonyl (C=O) groups excluding carboxylic acids is 3. The molecule has 0 saturated heterocycles. The van der Waals surface area contributed by atoms with E-state index in [1.165, 1.54) is 51.1 Å². The number of hydrazine groups is 2. The number of para-hydroxylation sites is 2. The first-order valence-corrected chi connectivity index (χ1v) is 14.7. The third-order valence-corrected chi connectivity index (χ3v) is 11.5. The Labute approximate surface area is 232 Å². The lowest BCUT2D eigenvalue weighted by atomic mass is 9.44. The van der Waals surface area contributed by atoms with E-state index in [0.29, 0.717) is 23.7 Å². The molecule has 0 bridgehead atoms. The Morgan fingerprint density at radius 3 is 2.59 bits per heavy atom. The van der Waals surface area contributed by atoms with Gasteiger partial charge in [0.05, 0.1) is 16.9 Å². The van der Waals surface area contributed by atoms with Crippen LogP contribution in [0, 0.1) is 28.6 Å². The molecule has 5 aliphatic rings. The zero-order valence-corrected chi connectivity index (χ0v) is 24.0. The second-order valence-electron chi connectivity index (χ2n) is 13.3. The van der Waals surface area contributed by atoms with Gasteiger partial charge in [-0.3, -0.25) is 14.4 Å². The number of fused-ring (bicyclic) bond motifs is 6. The van der Waals surface area contributed by atoms with Crippen LogP contribution in [-0.4, -0.2) is 46.5 Å². The molecule has 1 aromatic carbocycles. The van der Waals surface area contributed by atoms with Crippen molar-refractivity contribution in [1.29, 1.82) is 0 Å². The van der Waals surface area contributed by atoms with Crippen molar-refractivity contribution < 1.29 is 14.4 Å². The number of amides is 3. The minimum atomic E-state index is -0.428. The Morgan fingerprint density at radius 1 is 1.08 bits per heavy atom. The fraction of sp³-hybridized carbons (Fsp3) is 0.645. The first-order valence-electron chi connectivity index (χ1n) is 14.7. The Kier molecular flexibility index (Phi) is 6.05. The third-order valence-electron chi connectivity index (χ3n) is 11.5. The maximum absolute atomic E-state index is 13.3. The summed E-state index contributed by atoms with van der Waals surface area (Å²) in [5.74, 6) is 1.39. The second kappa shape index (κ2) is 9.00. The van der Waals surface area contributed by atoms with Crippen LogP contribution in [0.2, 0.25) is 0 Å². The number of benzene rings is 1. The summed E-state index contributed by atoms with van der Waals surface area (Å²) < 4.78 is 0. The molecule has 2 heterocycles. The van der Waals surface area contributed by atoms with Gasteiger partial charge in [-0.05, 0) is 79.9 Å². The number of hydrogen-bond donors (Lipinski definition) is 2. The lowest BCUT2D eigenvalue weighted by Crippen LogP contribution is -2.70. The summed E-state index contributed by atoms with van der Waals surface area (Å²) in [5.41, 5.74) is 4.32. The molecule has 2 aliphatic heterocycles. The molecule has 8 heteroatoms. The lowest BCUT2D eigenvalue weighted by molar-refractivity contribution is -0.160. The number of hydrogen-bond acceptors (Lipinski definition) is 5. The summed E-state index contributed by atoms with van der Waals surface area (Å²) in [7, 11) is 1.97. The molecule has 0 radical (unpaired) electrons. The van der Waals surface area contributed by atoms with E-state index in [9.17, 15) is 14.4 Å². The molecule has 3 aliphatic carbocycles. The molecule has 3 saturated carbocycles. The first-order chi connectivity index (χ1) is 18.5. The van der Waals surface area contributed by atoms with Gasteiger partial charge in [-0.25, -0.2) is 10.4 Å². The number of carbonyl (C=O) groups is 3. The van der Waals surface area contributed by atoms with Crippen molar-refractivity contribution in [2.24, 2.45) is 28.6 Å². The second-order valence-corrected chi connectivity index (χ2v) is 13.3. The van der Waals surface area contributed by atoms with Gasteiger partial charge in [0, 0.05) is 32.7 Å². The number of anilines is 2. The van der Waals surface area contributed by atoms with Gasteiger partial charge in [-0.15, -0.1) is 0 Å². The molecule has 0 aromatic heterocycles. The molecule has 8 nitrogen and oxygen atoms in total. The van der Waals surface area contributed by atoms with E-state index in [2.05, 4.69) is 30.7 Å². The van der Waals surface area contributed by atoms with Crippen LogP contribution in [0.5, 0.6) is 0 Å². The van der Waals surface area contributed by atoms with Crippen LogP contribution in [0.3, 0.4) is 0 Å². The van der Waals surface area contributed by atoms with Gasteiger partial charge < -0.3 is 10.2 Å². The highest BCUT2D eigenvalue weighted by Gasteiger charge is 2.65. The fourth-order valence-electron chi connectivity index (χ4n) is 9.62. The van der Waals surface area contributed by atoms with Crippen molar-refractivity contribution in [3.8, 4) is 0 Å². The fourth-order valence-corrected chi connectivity index (χ4v) is 9.62. The minimum Gasteiger partial charge on any atom is -0.362 e. The molecule has 0 spiro atoms. The highest BCUT2D eigenvalue weighted by Crippen LogP contribution is 2.67. The van der Waals surface area contributed by atoms with Crippen LogP contribution in [0.1, 0.15) is 79.1 Å². The molecule has 1 aromatic rings. The van der Waals surface area contributed by atoms with Crippen molar-refractivity contribution in [2.45, 2.75) is 90.8 Å². The largest absolute Gasteiger partial charge is 0.362 e. The molecule has 210 valence electrons. The van der Waals surface area contributed by atoms with Crippen molar-refractivity contribution in [1.82, 2.24) is 15.4 Å². The molecule has 3 amide bonds. The zero-order valence-electron chi connectivity index (χ0n) is 24.0. The van der Waals surface area contributed by atoms with Gasteiger partial charge in [-0.2, -0.15) is 5.12 Å². The monoisotopic (exact) mass is 533 g/mol. The van der Waals surface area contributed by atoms with Gasteiger partial charge in [0.2, 0.25) is 11.8 Å². The average Bonchev–Trinajstić information content (AvgIpc) is 3.46. The Balaban J connectivity index is 1.41. The minimum absolute atomic E-state index is 0.0415. The van der Waals surface area contributed by atoms with E-state index in [-0.39, 0.29) is 29.3 Å². The lowest BCUT2D eigenvalue weighted by Gasteiger charge is -2.66. The van der Waals surface area contributed by atoms with Gasteiger partial charge >= 0.3 is 0 Å². The molecular weight excluding hydrogens is 490 g/mol. The molecule has 2 N–H and O–H groups in total. The van der Waals surface area contributed by atoms with E-state index < -0.39 is 5.54 Å². The van der Waals surface area contributed by atoms with Crippen molar-refractivity contribution in [2.75, 3.05) is 17.4 Å². The summed E-state index contributed by atoms with van der Waals surface area (Å²) in [6.07, 6.45) is 12.9. The third kappa shape index (κ3) is 3.73. The predicted molar refractivity (Wildman–Crippen MR) is 151 cm³/mol. The van der Waals surface area contributed by atoms with E-state index in [1.807, 2.05) is 41.2 Å². The smallest absolute Gasteiger partial charge is 0.257 e. The predicted octanol–water partition coefficient (Wildman–Crippen LogP) is 4.85. The number of nitrogens with one attached hydrogen (secondary N) is 2. The summed E-state index contributed by atoms with van der Waals surface area (Å²) in [6.45, 7) is 7.79. The van der Waals surface area contributed by atoms with Crippen LogP contribution < -0.4 is 15.8 Å². The highest BCUT2D eigenvalue weighted by atomic mass is 16.2. The first kappa shape index (κ1) is 26.2. The van der Waals surface area contributed by atoms with Crippen LogP contribution in [0.25, 0.3) is 0 Å². The van der Waals surface area contributed by atoms with E-state index >= 15 is 0 Å². The van der Waals surface area contributed by atoms with E-state index in [0.717, 1.165) is 30.1 Å². The van der Waals surface area contributed by atoms with Crippen LogP contribution in [-0.2, 0) is 14.4 Å². The number of rotatable bonds is 3. The SMILES string of the molecule is CC(=O)NN(C(C)=O)N1c2ccccc2NC1C[C@@]12CC[C@H]3[C@@H]4CCC[C@@]4(C)CC[C@@H]3[C@@]1(C)C=CC(=O)N2C. The van der Waals surface area contributed by atoms with Gasteiger partial charge in [0.15, 0.2) is 0 Å². The van der Waals surface area contributed by atoms with Crippen LogP contribution >= 0.6 is 0 Å².